The molecule has 0 aliphatic rings. The molecular weight excluding hydrogens is 274 g/mol. The number of halogens is 1. The van der Waals surface area contributed by atoms with Crippen molar-refractivity contribution in [3.8, 4) is 0 Å². The summed E-state index contributed by atoms with van der Waals surface area (Å²) in [5.41, 5.74) is 2.76. The Morgan fingerprint density at radius 2 is 2.20 bits per heavy atom. The topological polar surface area (TPSA) is 54.0 Å². The summed E-state index contributed by atoms with van der Waals surface area (Å²) in [5, 5.41) is 6.51. The number of aryl methyl sites for hydroxylation is 1. The predicted molar refractivity (Wildman–Crippen MR) is 80.8 cm³/mol. The lowest BCUT2D eigenvalue weighted by Crippen LogP contribution is -2.28. The molecule has 1 heterocycles. The van der Waals surface area contributed by atoms with Crippen LogP contribution in [0, 0.1) is 6.92 Å². The first-order valence-corrected chi connectivity index (χ1v) is 6.68. The van der Waals surface area contributed by atoms with Crippen molar-refractivity contribution in [2.75, 3.05) is 11.9 Å². The summed E-state index contributed by atoms with van der Waals surface area (Å²) in [6.45, 7) is 2.77. The van der Waals surface area contributed by atoms with Gasteiger partial charge in [0.25, 0.3) is 0 Å². The predicted octanol–water partition coefficient (Wildman–Crippen LogP) is 2.77. The first-order chi connectivity index (χ1) is 9.65. The van der Waals surface area contributed by atoms with Crippen LogP contribution >= 0.6 is 11.6 Å². The lowest BCUT2D eigenvalue weighted by Gasteiger charge is -2.09. The molecular formula is C15H16ClN3O. The number of hydrogen-bond acceptors (Lipinski definition) is 3. The largest absolute Gasteiger partial charge is 0.325 e. The molecule has 0 radical (unpaired) electrons. The monoisotopic (exact) mass is 289 g/mol. The minimum Gasteiger partial charge on any atom is -0.325 e. The fraction of sp³-hybridized carbons (Fsp3) is 0.200. The fourth-order valence-corrected chi connectivity index (χ4v) is 1.92. The van der Waals surface area contributed by atoms with Gasteiger partial charge in [0.2, 0.25) is 5.91 Å². The van der Waals surface area contributed by atoms with Crippen molar-refractivity contribution >= 4 is 23.2 Å². The number of amides is 1. The van der Waals surface area contributed by atoms with Gasteiger partial charge in [0, 0.05) is 29.6 Å². The molecule has 0 spiro atoms. The Hall–Kier alpha value is -1.91. The van der Waals surface area contributed by atoms with Crippen molar-refractivity contribution in [1.82, 2.24) is 10.3 Å². The van der Waals surface area contributed by atoms with Gasteiger partial charge < -0.3 is 10.6 Å². The summed E-state index contributed by atoms with van der Waals surface area (Å²) >= 11 is 5.91. The molecule has 0 bridgehead atoms. The Kier molecular flexibility index (Phi) is 5.09. The van der Waals surface area contributed by atoms with E-state index in [4.69, 9.17) is 11.6 Å². The van der Waals surface area contributed by atoms with Crippen molar-refractivity contribution in [2.24, 2.45) is 0 Å². The van der Waals surface area contributed by atoms with Gasteiger partial charge in [-0.15, -0.1) is 0 Å². The van der Waals surface area contributed by atoms with E-state index >= 15 is 0 Å². The van der Waals surface area contributed by atoms with Crippen LogP contribution in [-0.2, 0) is 11.3 Å². The molecule has 0 aliphatic carbocycles. The third-order valence-corrected chi connectivity index (χ3v) is 3.05. The van der Waals surface area contributed by atoms with Gasteiger partial charge >= 0.3 is 0 Å². The molecule has 5 heteroatoms. The molecule has 1 amide bonds. The molecule has 20 heavy (non-hydrogen) atoms. The van der Waals surface area contributed by atoms with Crippen LogP contribution in [0.1, 0.15) is 11.1 Å². The second-order valence-corrected chi connectivity index (χ2v) is 4.91. The molecule has 2 aromatic rings. The molecule has 0 saturated heterocycles. The van der Waals surface area contributed by atoms with Gasteiger partial charge in [-0.05, 0) is 36.2 Å². The van der Waals surface area contributed by atoms with Crippen molar-refractivity contribution in [2.45, 2.75) is 13.5 Å². The lowest BCUT2D eigenvalue weighted by molar-refractivity contribution is -0.115. The van der Waals surface area contributed by atoms with Crippen LogP contribution in [0.3, 0.4) is 0 Å². The third-order valence-electron chi connectivity index (χ3n) is 2.81. The van der Waals surface area contributed by atoms with E-state index in [9.17, 15) is 4.79 Å². The number of carbonyl (C=O) groups excluding carboxylic acids is 1. The van der Waals surface area contributed by atoms with Crippen LogP contribution in [0.4, 0.5) is 5.69 Å². The molecule has 0 unspecified atom stereocenters. The van der Waals surface area contributed by atoms with Gasteiger partial charge in [-0.3, -0.25) is 9.78 Å². The second-order valence-electron chi connectivity index (χ2n) is 4.47. The van der Waals surface area contributed by atoms with E-state index in [-0.39, 0.29) is 12.5 Å². The molecule has 104 valence electrons. The fourth-order valence-electron chi connectivity index (χ4n) is 1.75. The van der Waals surface area contributed by atoms with Crippen LogP contribution in [0.2, 0.25) is 5.02 Å². The molecule has 4 nitrogen and oxygen atoms in total. The van der Waals surface area contributed by atoms with E-state index in [0.29, 0.717) is 11.6 Å². The number of carbonyl (C=O) groups is 1. The number of anilines is 1. The number of benzene rings is 1. The first-order valence-electron chi connectivity index (χ1n) is 6.31. The number of nitrogens with zero attached hydrogens (tertiary/aromatic N) is 1. The standard InChI is InChI=1S/C15H16ClN3O/c1-11-4-5-13(16)7-14(11)19-15(20)10-18-9-12-3-2-6-17-8-12/h2-8,18H,9-10H2,1H3,(H,19,20). The number of nitrogens with one attached hydrogen (secondary N) is 2. The van der Waals surface area contributed by atoms with E-state index in [1.165, 1.54) is 0 Å². The van der Waals surface area contributed by atoms with Crippen molar-refractivity contribution in [3.63, 3.8) is 0 Å². The zero-order valence-corrected chi connectivity index (χ0v) is 11.9. The highest BCUT2D eigenvalue weighted by atomic mass is 35.5. The zero-order chi connectivity index (χ0) is 14.4. The smallest absolute Gasteiger partial charge is 0.238 e. The van der Waals surface area contributed by atoms with Gasteiger partial charge in [-0.2, -0.15) is 0 Å². The Bertz CT molecular complexity index is 587. The van der Waals surface area contributed by atoms with E-state index in [1.54, 1.807) is 24.5 Å². The van der Waals surface area contributed by atoms with E-state index < -0.39 is 0 Å². The molecule has 1 aromatic carbocycles. The Morgan fingerprint density at radius 1 is 1.35 bits per heavy atom. The van der Waals surface area contributed by atoms with Crippen LogP contribution in [0.5, 0.6) is 0 Å². The number of aromatic nitrogens is 1. The highest BCUT2D eigenvalue weighted by Gasteiger charge is 2.05. The van der Waals surface area contributed by atoms with E-state index in [2.05, 4.69) is 15.6 Å². The summed E-state index contributed by atoms with van der Waals surface area (Å²) in [6, 6.07) is 9.25. The maximum atomic E-state index is 11.8. The van der Waals surface area contributed by atoms with Gasteiger partial charge in [0.1, 0.15) is 0 Å². The van der Waals surface area contributed by atoms with E-state index in [0.717, 1.165) is 16.8 Å². The maximum absolute atomic E-state index is 11.8. The molecule has 0 atom stereocenters. The minimum absolute atomic E-state index is 0.0979. The van der Waals surface area contributed by atoms with Gasteiger partial charge in [0.15, 0.2) is 0 Å². The molecule has 0 aliphatic heterocycles. The van der Waals surface area contributed by atoms with Gasteiger partial charge in [-0.25, -0.2) is 0 Å². The number of pyridine rings is 1. The van der Waals surface area contributed by atoms with Gasteiger partial charge in [0.05, 0.1) is 6.54 Å². The zero-order valence-electron chi connectivity index (χ0n) is 11.2. The number of rotatable bonds is 5. The first kappa shape index (κ1) is 14.5. The molecule has 0 saturated carbocycles. The van der Waals surface area contributed by atoms with Crippen molar-refractivity contribution in [1.29, 1.82) is 0 Å². The molecule has 1 aromatic heterocycles. The minimum atomic E-state index is -0.0979. The third kappa shape index (κ3) is 4.33. The summed E-state index contributed by atoms with van der Waals surface area (Å²) in [7, 11) is 0. The van der Waals surface area contributed by atoms with Crippen LogP contribution in [-0.4, -0.2) is 17.4 Å². The highest BCUT2D eigenvalue weighted by Crippen LogP contribution is 2.19. The average Bonchev–Trinajstić information content (AvgIpc) is 2.44. The molecule has 0 fully saturated rings. The summed E-state index contributed by atoms with van der Waals surface area (Å²) in [4.78, 5) is 15.9. The van der Waals surface area contributed by atoms with Crippen LogP contribution in [0.15, 0.2) is 42.7 Å². The lowest BCUT2D eigenvalue weighted by atomic mass is 10.2. The highest BCUT2D eigenvalue weighted by molar-refractivity contribution is 6.31. The molecule has 2 N–H and O–H groups in total. The normalized spacial score (nSPS) is 10.3. The second kappa shape index (κ2) is 7.03. The SMILES string of the molecule is Cc1ccc(Cl)cc1NC(=O)CNCc1cccnc1. The maximum Gasteiger partial charge on any atom is 0.238 e. The Balaban J connectivity index is 1.82. The van der Waals surface area contributed by atoms with Crippen molar-refractivity contribution < 1.29 is 4.79 Å². The molecule has 2 rings (SSSR count). The van der Waals surface area contributed by atoms with E-state index in [1.807, 2.05) is 25.1 Å². The number of hydrogen-bond donors (Lipinski definition) is 2. The quantitative estimate of drug-likeness (QED) is 0.890. The summed E-state index contributed by atoms with van der Waals surface area (Å²) in [6.07, 6.45) is 3.49. The van der Waals surface area contributed by atoms with Crippen LogP contribution < -0.4 is 10.6 Å². The van der Waals surface area contributed by atoms with Gasteiger partial charge in [-0.1, -0.05) is 23.7 Å². The van der Waals surface area contributed by atoms with Crippen LogP contribution in [0.25, 0.3) is 0 Å². The Labute approximate surface area is 123 Å². The Morgan fingerprint density at radius 3 is 2.95 bits per heavy atom. The summed E-state index contributed by atoms with van der Waals surface area (Å²) < 4.78 is 0. The van der Waals surface area contributed by atoms with Crippen molar-refractivity contribution in [3.05, 3.63) is 58.9 Å². The average molecular weight is 290 g/mol. The summed E-state index contributed by atoms with van der Waals surface area (Å²) in [5.74, 6) is -0.0979.